The van der Waals surface area contributed by atoms with E-state index in [0.717, 1.165) is 6.42 Å². The number of alkyl halides is 7. The van der Waals surface area contributed by atoms with Crippen molar-refractivity contribution >= 4 is 0 Å². The molecular formula is C19H24F7Y-. The second kappa shape index (κ2) is 6.55. The van der Waals surface area contributed by atoms with Crippen LogP contribution in [0.1, 0.15) is 40.0 Å². The van der Waals surface area contributed by atoms with Crippen molar-refractivity contribution in [2.45, 2.75) is 58.1 Å². The Bertz CT molecular complexity index is 574. The Morgan fingerprint density at radius 1 is 0.852 bits per heavy atom. The van der Waals surface area contributed by atoms with E-state index in [1.54, 1.807) is 0 Å². The fraction of sp³-hybridized carbons (Fsp3) is 0.947. The van der Waals surface area contributed by atoms with Crippen LogP contribution in [0.4, 0.5) is 30.7 Å². The Labute approximate surface area is 180 Å². The number of halogens is 7. The summed E-state index contributed by atoms with van der Waals surface area (Å²) in [6, 6.07) is 0. The van der Waals surface area contributed by atoms with E-state index in [4.69, 9.17) is 0 Å². The predicted molar refractivity (Wildman–Crippen MR) is 81.5 cm³/mol. The van der Waals surface area contributed by atoms with Gasteiger partial charge in [0, 0.05) is 32.7 Å². The number of hydrogen-bond acceptors (Lipinski definition) is 0. The van der Waals surface area contributed by atoms with Crippen LogP contribution < -0.4 is 0 Å². The Morgan fingerprint density at radius 2 is 1.33 bits per heavy atom. The molecule has 4 aliphatic rings. The standard InChI is InChI=1S/C19H24F7.Y/c1-4-17(20)12-6-11(15(17)16(18(21,22)23)19(24,25)26)13-9-5-10(14(12)13)8(3)7(9)2;/h7-15H,4-6H2,1-3H3;/q-1;. The molecule has 27 heavy (non-hydrogen) atoms. The van der Waals surface area contributed by atoms with Crippen LogP contribution in [0.5, 0.6) is 0 Å². The summed E-state index contributed by atoms with van der Waals surface area (Å²) in [5.41, 5.74) is -2.40. The first-order valence-electron chi connectivity index (χ1n) is 9.54. The van der Waals surface area contributed by atoms with E-state index < -0.39 is 41.7 Å². The van der Waals surface area contributed by atoms with Crippen LogP contribution >= 0.6 is 0 Å². The average molecular weight is 474 g/mol. The summed E-state index contributed by atoms with van der Waals surface area (Å²) < 4.78 is 96.4. The molecule has 4 aliphatic carbocycles. The molecule has 10 atom stereocenters. The van der Waals surface area contributed by atoms with Gasteiger partial charge in [-0.2, -0.15) is 0 Å². The van der Waals surface area contributed by atoms with E-state index in [-0.39, 0.29) is 75.1 Å². The summed E-state index contributed by atoms with van der Waals surface area (Å²) in [4.78, 5) is 0. The molecule has 4 saturated carbocycles. The van der Waals surface area contributed by atoms with Gasteiger partial charge in [-0.25, -0.2) is 30.7 Å². The number of hydrogen-bond donors (Lipinski definition) is 0. The van der Waals surface area contributed by atoms with Gasteiger partial charge in [0.25, 0.3) is 12.4 Å². The van der Waals surface area contributed by atoms with Gasteiger partial charge in [-0.1, -0.05) is 26.7 Å². The first-order chi connectivity index (χ1) is 11.8. The second-order valence-electron chi connectivity index (χ2n) is 9.11. The van der Waals surface area contributed by atoms with Crippen LogP contribution in [-0.4, -0.2) is 18.0 Å². The van der Waals surface area contributed by atoms with Crippen molar-refractivity contribution in [3.05, 3.63) is 5.92 Å². The average Bonchev–Trinajstić information content (AvgIpc) is 3.18. The Balaban J connectivity index is 0.00000210. The Hall–Kier alpha value is 0.614. The molecule has 0 amide bonds. The quantitative estimate of drug-likeness (QED) is 0.253. The molecule has 0 N–H and O–H groups in total. The van der Waals surface area contributed by atoms with Gasteiger partial charge in [0.15, 0.2) is 0 Å². The molecule has 0 aromatic carbocycles. The van der Waals surface area contributed by atoms with E-state index in [0.29, 0.717) is 5.92 Å². The normalized spacial score (nSPS) is 51.0. The second-order valence-corrected chi connectivity index (χ2v) is 9.11. The van der Waals surface area contributed by atoms with Crippen LogP contribution in [-0.2, 0) is 32.7 Å². The summed E-state index contributed by atoms with van der Waals surface area (Å²) in [5, 5.41) is 0. The van der Waals surface area contributed by atoms with E-state index in [9.17, 15) is 26.3 Å². The van der Waals surface area contributed by atoms with Gasteiger partial charge in [-0.3, -0.25) is 0 Å². The van der Waals surface area contributed by atoms with Crippen molar-refractivity contribution in [2.24, 2.45) is 53.3 Å². The molecule has 153 valence electrons. The van der Waals surface area contributed by atoms with Gasteiger partial charge in [-0.15, -0.1) is 11.8 Å². The minimum absolute atomic E-state index is 0. The molecular weight excluding hydrogens is 450 g/mol. The van der Waals surface area contributed by atoms with Gasteiger partial charge in [0.2, 0.25) is 0 Å². The van der Waals surface area contributed by atoms with Gasteiger partial charge in [0.1, 0.15) is 0 Å². The minimum atomic E-state index is -5.55. The first-order valence-corrected chi connectivity index (χ1v) is 9.54. The predicted octanol–water partition coefficient (Wildman–Crippen LogP) is 6.22. The number of rotatable bonds is 2. The third-order valence-corrected chi connectivity index (χ3v) is 8.67. The van der Waals surface area contributed by atoms with Crippen molar-refractivity contribution < 1.29 is 63.4 Å². The van der Waals surface area contributed by atoms with Gasteiger partial charge >= 0.3 is 0 Å². The molecule has 0 heterocycles. The summed E-state index contributed by atoms with van der Waals surface area (Å²) in [6.45, 7) is 5.55. The fourth-order valence-electron chi connectivity index (χ4n) is 7.80. The minimum Gasteiger partial charge on any atom is -0.246 e. The van der Waals surface area contributed by atoms with Crippen molar-refractivity contribution in [1.82, 2.24) is 0 Å². The first kappa shape index (κ1) is 22.3. The third kappa shape index (κ3) is 2.82. The summed E-state index contributed by atoms with van der Waals surface area (Å²) in [7, 11) is 0. The van der Waals surface area contributed by atoms with Gasteiger partial charge < -0.3 is 0 Å². The van der Waals surface area contributed by atoms with E-state index >= 15 is 4.39 Å². The van der Waals surface area contributed by atoms with Crippen LogP contribution in [0.15, 0.2) is 0 Å². The molecule has 0 aromatic rings. The molecule has 0 nitrogen and oxygen atoms in total. The number of fused-ring (bicyclic) bond motifs is 9. The molecule has 4 bridgehead atoms. The maximum atomic E-state index is 15.9. The smallest absolute Gasteiger partial charge is 0.246 e. The molecule has 8 heteroatoms. The Morgan fingerprint density at radius 3 is 1.78 bits per heavy atom. The molecule has 0 saturated heterocycles. The molecule has 4 rings (SSSR count). The zero-order valence-electron chi connectivity index (χ0n) is 15.5. The van der Waals surface area contributed by atoms with Crippen LogP contribution in [0.3, 0.4) is 0 Å². The molecule has 10 unspecified atom stereocenters. The summed E-state index contributed by atoms with van der Waals surface area (Å²) in [5.74, 6) is -5.23. The van der Waals surface area contributed by atoms with Gasteiger partial charge in [-0.05, 0) is 60.7 Å². The summed E-state index contributed by atoms with van der Waals surface area (Å²) in [6.07, 6.45) is -10.4. The van der Waals surface area contributed by atoms with Crippen LogP contribution in [0, 0.1) is 59.2 Å². The third-order valence-electron chi connectivity index (χ3n) is 8.67. The maximum absolute atomic E-state index is 15.9. The monoisotopic (exact) mass is 474 g/mol. The zero-order valence-corrected chi connectivity index (χ0v) is 18.4. The topological polar surface area (TPSA) is 0 Å². The Kier molecular flexibility index (Phi) is 5.41. The van der Waals surface area contributed by atoms with Crippen molar-refractivity contribution in [3.8, 4) is 0 Å². The fourth-order valence-corrected chi connectivity index (χ4v) is 7.80. The van der Waals surface area contributed by atoms with E-state index in [2.05, 4.69) is 6.92 Å². The van der Waals surface area contributed by atoms with Crippen LogP contribution in [0.25, 0.3) is 0 Å². The van der Waals surface area contributed by atoms with Crippen molar-refractivity contribution in [1.29, 1.82) is 0 Å². The van der Waals surface area contributed by atoms with Crippen molar-refractivity contribution in [3.63, 3.8) is 0 Å². The molecule has 0 aliphatic heterocycles. The van der Waals surface area contributed by atoms with Crippen molar-refractivity contribution in [2.75, 3.05) is 0 Å². The van der Waals surface area contributed by atoms with E-state index in [1.165, 1.54) is 6.92 Å². The molecule has 0 aromatic heterocycles. The van der Waals surface area contributed by atoms with E-state index in [1.807, 2.05) is 6.92 Å². The largest absolute Gasteiger partial charge is 0.280 e. The molecule has 1 radical (unpaired) electrons. The zero-order chi connectivity index (χ0) is 19.4. The van der Waals surface area contributed by atoms with Crippen LogP contribution in [0.2, 0.25) is 0 Å². The SMILES string of the molecule is CCC1(F)C2CC(C3C4CC(C(C)C4C)C32)C1[C-](C(F)(F)F)C(F)(F)F.[Y]. The molecule has 4 fully saturated rings. The maximum Gasteiger partial charge on any atom is 0.280 e. The summed E-state index contributed by atoms with van der Waals surface area (Å²) >= 11 is 0. The molecule has 0 spiro atoms. The van der Waals surface area contributed by atoms with Gasteiger partial charge in [0.05, 0.1) is 5.67 Å².